The summed E-state index contributed by atoms with van der Waals surface area (Å²) in [6.07, 6.45) is -0.372. The molecule has 0 aliphatic carbocycles. The summed E-state index contributed by atoms with van der Waals surface area (Å²) in [4.78, 5) is 12.9. The molecule has 0 spiro atoms. The molecule has 0 saturated carbocycles. The third-order valence-corrected chi connectivity index (χ3v) is 6.22. The van der Waals surface area contributed by atoms with Gasteiger partial charge in [-0.05, 0) is 60.8 Å². The first-order valence-electron chi connectivity index (χ1n) is 12.1. The Morgan fingerprint density at radius 3 is 2.06 bits per heavy atom. The Labute approximate surface area is 198 Å². The molecule has 2 N–H and O–H groups in total. The fourth-order valence-corrected chi connectivity index (χ4v) is 4.33. The number of hydrogen-bond acceptors (Lipinski definition) is 1. The molecule has 3 nitrogen and oxygen atoms in total. The molecule has 0 heterocycles. The molecule has 2 aromatic rings. The van der Waals surface area contributed by atoms with Crippen molar-refractivity contribution in [1.82, 2.24) is 5.32 Å². The van der Waals surface area contributed by atoms with Crippen LogP contribution in [0, 0.1) is 13.8 Å². The highest BCUT2D eigenvalue weighted by atomic mass is 19.3. The number of halogens is 2. The molecule has 0 radical (unpaired) electrons. The van der Waals surface area contributed by atoms with E-state index < -0.39 is 6.43 Å². The number of hydrogen-bond donors (Lipinski definition) is 2. The number of urea groups is 1. The highest BCUT2D eigenvalue weighted by Gasteiger charge is 2.19. The van der Waals surface area contributed by atoms with Crippen LogP contribution in [0.5, 0.6) is 0 Å². The molecule has 0 saturated heterocycles. The van der Waals surface area contributed by atoms with Crippen LogP contribution in [-0.4, -0.2) is 19.0 Å². The Bertz CT molecular complexity index is 883. The molecule has 0 aliphatic heterocycles. The lowest BCUT2D eigenvalue weighted by Gasteiger charge is -2.23. The number of nitrogens with one attached hydrogen (secondary N) is 2. The topological polar surface area (TPSA) is 41.1 Å². The highest BCUT2D eigenvalue weighted by molar-refractivity contribution is 5.91. The second-order valence-corrected chi connectivity index (χ2v) is 9.69. The summed E-state index contributed by atoms with van der Waals surface area (Å²) < 4.78 is 25.1. The third kappa shape index (κ3) is 8.13. The molecule has 0 bridgehead atoms. The van der Waals surface area contributed by atoms with E-state index in [9.17, 15) is 13.6 Å². The van der Waals surface area contributed by atoms with E-state index in [2.05, 4.69) is 75.6 Å². The molecule has 5 heteroatoms. The first kappa shape index (κ1) is 26.8. The molecule has 182 valence electrons. The number of unbranched alkanes of at least 4 members (excludes halogenated alkanes) is 1. The zero-order valence-corrected chi connectivity index (χ0v) is 21.0. The predicted molar refractivity (Wildman–Crippen MR) is 135 cm³/mol. The second kappa shape index (κ2) is 12.7. The van der Waals surface area contributed by atoms with Gasteiger partial charge in [-0.25, -0.2) is 13.6 Å². The molecular weight excluding hydrogens is 418 g/mol. The van der Waals surface area contributed by atoms with Crippen LogP contribution >= 0.6 is 0 Å². The van der Waals surface area contributed by atoms with Crippen molar-refractivity contribution in [2.24, 2.45) is 0 Å². The average Bonchev–Trinajstić information content (AvgIpc) is 2.74. The van der Waals surface area contributed by atoms with Crippen LogP contribution < -0.4 is 10.6 Å². The maximum atomic E-state index is 12.9. The van der Waals surface area contributed by atoms with Crippen molar-refractivity contribution >= 4 is 11.7 Å². The lowest BCUT2D eigenvalue weighted by molar-refractivity contribution is 0.133. The number of rotatable bonds is 11. The van der Waals surface area contributed by atoms with Crippen molar-refractivity contribution < 1.29 is 13.6 Å². The van der Waals surface area contributed by atoms with Crippen molar-refractivity contribution in [2.75, 3.05) is 11.9 Å². The normalized spacial score (nSPS) is 12.5. The standard InChI is InChI=1S/C28H40F2N2O/c1-18(2)23-11-9-12-24(19(3)4)27(23)32-28(33)31-17-22(10-7-8-13-26(29)30)25-16-20(5)14-15-21(25)6/h9,11-12,14-16,18-19,22,26H,7-8,10,13,17H2,1-6H3,(H2,31,32,33). The van der Waals surface area contributed by atoms with Crippen LogP contribution in [-0.2, 0) is 0 Å². The van der Waals surface area contributed by atoms with E-state index in [-0.39, 0.29) is 30.2 Å². The van der Waals surface area contributed by atoms with Crippen molar-refractivity contribution in [3.63, 3.8) is 0 Å². The number of carbonyl (C=O) groups excluding carboxylic acids is 1. The van der Waals surface area contributed by atoms with Crippen LogP contribution in [0.2, 0.25) is 0 Å². The minimum atomic E-state index is -2.26. The fraction of sp³-hybridized carbons (Fsp3) is 0.536. The van der Waals surface area contributed by atoms with Gasteiger partial charge in [0.1, 0.15) is 0 Å². The molecule has 2 rings (SSSR count). The van der Waals surface area contributed by atoms with E-state index in [1.165, 1.54) is 5.56 Å². The predicted octanol–water partition coefficient (Wildman–Crippen LogP) is 8.28. The minimum absolute atomic E-state index is 0.0720. The summed E-state index contributed by atoms with van der Waals surface area (Å²) in [5, 5.41) is 6.17. The lowest BCUT2D eigenvalue weighted by Crippen LogP contribution is -2.33. The molecule has 0 aromatic heterocycles. The number of alkyl halides is 2. The molecule has 0 fully saturated rings. The molecule has 1 atom stereocenters. The quantitative estimate of drug-likeness (QED) is 0.327. The Morgan fingerprint density at radius 1 is 0.879 bits per heavy atom. The van der Waals surface area contributed by atoms with Gasteiger partial charge in [-0.15, -0.1) is 0 Å². The van der Waals surface area contributed by atoms with Crippen molar-refractivity contribution in [1.29, 1.82) is 0 Å². The number of aryl methyl sites for hydroxylation is 2. The number of benzene rings is 2. The lowest BCUT2D eigenvalue weighted by atomic mass is 9.89. The Morgan fingerprint density at radius 2 is 1.48 bits per heavy atom. The van der Waals surface area contributed by atoms with E-state index in [0.29, 0.717) is 19.4 Å². The number of carbonyl (C=O) groups is 1. The third-order valence-electron chi connectivity index (χ3n) is 6.22. The van der Waals surface area contributed by atoms with Gasteiger partial charge in [-0.1, -0.05) is 76.1 Å². The summed E-state index contributed by atoms with van der Waals surface area (Å²) in [6.45, 7) is 13.1. The maximum absolute atomic E-state index is 12.9. The zero-order valence-electron chi connectivity index (χ0n) is 21.0. The Hall–Kier alpha value is -2.43. The molecular formula is C28H40F2N2O. The fourth-order valence-electron chi connectivity index (χ4n) is 4.33. The van der Waals surface area contributed by atoms with Crippen molar-refractivity contribution in [3.05, 3.63) is 64.2 Å². The van der Waals surface area contributed by atoms with Crippen molar-refractivity contribution in [3.8, 4) is 0 Å². The van der Waals surface area contributed by atoms with Crippen LogP contribution in [0.25, 0.3) is 0 Å². The van der Waals surface area contributed by atoms with E-state index in [4.69, 9.17) is 0 Å². The molecule has 33 heavy (non-hydrogen) atoms. The van der Waals surface area contributed by atoms with Gasteiger partial charge in [-0.2, -0.15) is 0 Å². The second-order valence-electron chi connectivity index (χ2n) is 9.69. The highest BCUT2D eigenvalue weighted by Crippen LogP contribution is 2.32. The monoisotopic (exact) mass is 458 g/mol. The van der Waals surface area contributed by atoms with Crippen LogP contribution in [0.3, 0.4) is 0 Å². The maximum Gasteiger partial charge on any atom is 0.319 e. The van der Waals surface area contributed by atoms with Gasteiger partial charge in [0.2, 0.25) is 6.43 Å². The van der Waals surface area contributed by atoms with Crippen molar-refractivity contribution in [2.45, 2.75) is 91.4 Å². The van der Waals surface area contributed by atoms with Gasteiger partial charge in [0.05, 0.1) is 0 Å². The minimum Gasteiger partial charge on any atom is -0.337 e. The Kier molecular flexibility index (Phi) is 10.3. The number of anilines is 1. The van der Waals surface area contributed by atoms with E-state index >= 15 is 0 Å². The van der Waals surface area contributed by atoms with E-state index in [0.717, 1.165) is 34.4 Å². The summed E-state index contributed by atoms with van der Waals surface area (Å²) in [7, 11) is 0. The number of para-hydroxylation sites is 1. The number of amides is 2. The molecule has 0 aliphatic rings. The summed E-state index contributed by atoms with van der Waals surface area (Å²) in [5.74, 6) is 0.659. The summed E-state index contributed by atoms with van der Waals surface area (Å²) in [6, 6.07) is 12.3. The average molecular weight is 459 g/mol. The molecule has 1 unspecified atom stereocenters. The van der Waals surface area contributed by atoms with Gasteiger partial charge in [0, 0.05) is 24.6 Å². The van der Waals surface area contributed by atoms with Crippen LogP contribution in [0.1, 0.15) is 98.9 Å². The van der Waals surface area contributed by atoms with E-state index in [1.54, 1.807) is 0 Å². The summed E-state index contributed by atoms with van der Waals surface area (Å²) in [5.41, 5.74) is 6.63. The van der Waals surface area contributed by atoms with Crippen LogP contribution in [0.4, 0.5) is 19.3 Å². The van der Waals surface area contributed by atoms with E-state index in [1.807, 2.05) is 13.0 Å². The first-order valence-corrected chi connectivity index (χ1v) is 12.1. The smallest absolute Gasteiger partial charge is 0.319 e. The summed E-state index contributed by atoms with van der Waals surface area (Å²) >= 11 is 0. The van der Waals surface area contributed by atoms with Gasteiger partial charge in [-0.3, -0.25) is 0 Å². The molecule has 2 amide bonds. The van der Waals surface area contributed by atoms with Gasteiger partial charge >= 0.3 is 6.03 Å². The zero-order chi connectivity index (χ0) is 24.5. The largest absolute Gasteiger partial charge is 0.337 e. The Balaban J connectivity index is 2.15. The van der Waals surface area contributed by atoms with Gasteiger partial charge < -0.3 is 10.6 Å². The molecule has 2 aromatic carbocycles. The van der Waals surface area contributed by atoms with Gasteiger partial charge in [0.15, 0.2) is 0 Å². The van der Waals surface area contributed by atoms with Gasteiger partial charge in [0.25, 0.3) is 0 Å². The SMILES string of the molecule is Cc1ccc(C)c(C(CCCCC(F)F)CNC(=O)Nc2c(C(C)C)cccc2C(C)C)c1. The first-order chi connectivity index (χ1) is 15.6. The van der Waals surface area contributed by atoms with Crippen LogP contribution in [0.15, 0.2) is 36.4 Å².